The molecule has 5 heteroatoms. The number of carbonyl (C=O) groups excluding carboxylic acids is 1. The number of hydrogen-bond donors (Lipinski definition) is 0. The predicted molar refractivity (Wildman–Crippen MR) is 95.5 cm³/mol. The monoisotopic (exact) mass is 323 g/mol. The minimum atomic E-state index is 0.000161. The number of amides is 1. The molecule has 1 amide bonds. The Balaban J connectivity index is 1.91. The fraction of sp³-hybridized carbons (Fsp3) is 0.167. The molecule has 0 atom stereocenters. The number of benzene rings is 1. The van der Waals surface area contributed by atoms with Gasteiger partial charge >= 0.3 is 0 Å². The first-order valence-corrected chi connectivity index (χ1v) is 8.26. The Kier molecular flexibility index (Phi) is 4.57. The van der Waals surface area contributed by atoms with Gasteiger partial charge in [0.25, 0.3) is 5.91 Å². The number of aromatic nitrogens is 1. The first kappa shape index (κ1) is 15.5. The number of thioether (sulfide) groups is 1. The molecule has 2 aromatic rings. The van der Waals surface area contributed by atoms with Crippen LogP contribution >= 0.6 is 11.8 Å². The molecule has 1 aliphatic heterocycles. The number of likely N-dealkylation sites (N-methyl/N-ethyl adjacent to an activating group) is 1. The summed E-state index contributed by atoms with van der Waals surface area (Å²) in [5.41, 5.74) is 3.01. The summed E-state index contributed by atoms with van der Waals surface area (Å²) in [4.78, 5) is 23.5. The molecule has 0 N–H and O–H groups in total. The zero-order valence-corrected chi connectivity index (χ0v) is 13.9. The lowest BCUT2D eigenvalue weighted by Gasteiger charge is -2.11. The smallest absolute Gasteiger partial charge is 0.266 e. The van der Waals surface area contributed by atoms with Crippen molar-refractivity contribution >= 4 is 34.6 Å². The van der Waals surface area contributed by atoms with Gasteiger partial charge in [-0.2, -0.15) is 0 Å². The van der Waals surface area contributed by atoms with E-state index in [0.717, 1.165) is 16.4 Å². The molecule has 0 aliphatic carbocycles. The molecule has 3 rings (SSSR count). The van der Waals surface area contributed by atoms with Crippen molar-refractivity contribution in [2.24, 2.45) is 4.99 Å². The first-order chi connectivity index (χ1) is 11.2. The van der Waals surface area contributed by atoms with Crippen molar-refractivity contribution < 1.29 is 4.79 Å². The molecule has 116 valence electrons. The Morgan fingerprint density at radius 3 is 2.52 bits per heavy atom. The van der Waals surface area contributed by atoms with Crippen molar-refractivity contribution in [2.45, 2.75) is 13.8 Å². The van der Waals surface area contributed by atoms with Gasteiger partial charge in [-0.3, -0.25) is 14.7 Å². The summed E-state index contributed by atoms with van der Waals surface area (Å²) in [6, 6.07) is 11.7. The maximum atomic E-state index is 12.5. The van der Waals surface area contributed by atoms with E-state index in [1.54, 1.807) is 17.3 Å². The minimum Gasteiger partial charge on any atom is -0.287 e. The van der Waals surface area contributed by atoms with Gasteiger partial charge in [0.1, 0.15) is 0 Å². The second-order valence-electron chi connectivity index (χ2n) is 5.17. The highest BCUT2D eigenvalue weighted by atomic mass is 32.2. The van der Waals surface area contributed by atoms with Gasteiger partial charge in [-0.05, 0) is 61.5 Å². The molecule has 1 aliphatic rings. The molecule has 4 nitrogen and oxygen atoms in total. The Hall–Kier alpha value is -2.40. The highest BCUT2D eigenvalue weighted by molar-refractivity contribution is 8.18. The van der Waals surface area contributed by atoms with Crippen LogP contribution in [-0.4, -0.2) is 27.5 Å². The summed E-state index contributed by atoms with van der Waals surface area (Å²) in [6.45, 7) is 4.60. The quantitative estimate of drug-likeness (QED) is 0.802. The van der Waals surface area contributed by atoms with E-state index in [1.165, 1.54) is 17.3 Å². The standard InChI is InChI=1S/C18H17N3OS/c1-3-21-17(22)16(12-14-8-10-19-11-9-14)23-18(21)20-15-6-4-13(2)5-7-15/h4-12H,3H2,1-2H3/b16-12+,20-18?. The SMILES string of the molecule is CCN1C(=O)/C(=C\c2ccncc2)SC1=Nc1ccc(C)cc1. The third-order valence-corrected chi connectivity index (χ3v) is 4.47. The fourth-order valence-corrected chi connectivity index (χ4v) is 3.27. The van der Waals surface area contributed by atoms with E-state index in [0.29, 0.717) is 11.4 Å². The van der Waals surface area contributed by atoms with Crippen LogP contribution in [0.25, 0.3) is 6.08 Å². The third-order valence-electron chi connectivity index (χ3n) is 3.47. The van der Waals surface area contributed by atoms with Crippen molar-refractivity contribution in [3.8, 4) is 0 Å². The van der Waals surface area contributed by atoms with E-state index in [-0.39, 0.29) is 5.91 Å². The second-order valence-corrected chi connectivity index (χ2v) is 6.18. The molecule has 0 radical (unpaired) electrons. The van der Waals surface area contributed by atoms with Crippen LogP contribution in [0.5, 0.6) is 0 Å². The number of hydrogen-bond acceptors (Lipinski definition) is 4. The molecule has 1 saturated heterocycles. The maximum Gasteiger partial charge on any atom is 0.266 e. The average molecular weight is 323 g/mol. The Bertz CT molecular complexity index is 767. The summed E-state index contributed by atoms with van der Waals surface area (Å²) in [5, 5.41) is 0.724. The van der Waals surface area contributed by atoms with Gasteiger partial charge in [0.2, 0.25) is 0 Å². The summed E-state index contributed by atoms with van der Waals surface area (Å²) in [5.74, 6) is 0.000161. The zero-order valence-electron chi connectivity index (χ0n) is 13.1. The number of aliphatic imine (C=N–C) groups is 1. The molecule has 0 saturated carbocycles. The molecular weight excluding hydrogens is 306 g/mol. The van der Waals surface area contributed by atoms with Crippen LogP contribution in [0.3, 0.4) is 0 Å². The van der Waals surface area contributed by atoms with Crippen molar-refractivity contribution in [1.82, 2.24) is 9.88 Å². The van der Waals surface area contributed by atoms with Crippen molar-refractivity contribution in [3.63, 3.8) is 0 Å². The molecule has 1 aromatic heterocycles. The van der Waals surface area contributed by atoms with Crippen LogP contribution in [0.4, 0.5) is 5.69 Å². The molecule has 2 heterocycles. The summed E-state index contributed by atoms with van der Waals surface area (Å²) < 4.78 is 0. The van der Waals surface area contributed by atoms with Crippen LogP contribution in [0.1, 0.15) is 18.1 Å². The van der Waals surface area contributed by atoms with Crippen LogP contribution in [0, 0.1) is 6.92 Å². The highest BCUT2D eigenvalue weighted by Crippen LogP contribution is 2.33. The predicted octanol–water partition coefficient (Wildman–Crippen LogP) is 4.01. The minimum absolute atomic E-state index is 0.000161. The lowest BCUT2D eigenvalue weighted by atomic mass is 10.2. The fourth-order valence-electron chi connectivity index (χ4n) is 2.21. The highest BCUT2D eigenvalue weighted by Gasteiger charge is 2.32. The Labute approximate surface area is 140 Å². The van der Waals surface area contributed by atoms with E-state index in [1.807, 2.05) is 56.3 Å². The van der Waals surface area contributed by atoms with Crippen LogP contribution in [0.2, 0.25) is 0 Å². The van der Waals surface area contributed by atoms with E-state index < -0.39 is 0 Å². The van der Waals surface area contributed by atoms with E-state index in [2.05, 4.69) is 9.98 Å². The van der Waals surface area contributed by atoms with Gasteiger partial charge in [-0.1, -0.05) is 17.7 Å². The molecule has 0 unspecified atom stereocenters. The van der Waals surface area contributed by atoms with Gasteiger partial charge in [0, 0.05) is 18.9 Å². The average Bonchev–Trinajstić information content (AvgIpc) is 2.85. The van der Waals surface area contributed by atoms with Crippen molar-refractivity contribution in [3.05, 3.63) is 64.8 Å². The summed E-state index contributed by atoms with van der Waals surface area (Å²) in [6.07, 6.45) is 5.32. The topological polar surface area (TPSA) is 45.6 Å². The number of amidine groups is 1. The van der Waals surface area contributed by atoms with Crippen LogP contribution in [0.15, 0.2) is 58.7 Å². The first-order valence-electron chi connectivity index (χ1n) is 7.44. The summed E-state index contributed by atoms with van der Waals surface area (Å²) in [7, 11) is 0. The van der Waals surface area contributed by atoms with Gasteiger partial charge in [0.15, 0.2) is 5.17 Å². The number of nitrogens with zero attached hydrogens (tertiary/aromatic N) is 3. The molecular formula is C18H17N3OS. The maximum absolute atomic E-state index is 12.5. The number of pyridine rings is 1. The lowest BCUT2D eigenvalue weighted by Crippen LogP contribution is -2.28. The summed E-state index contributed by atoms with van der Waals surface area (Å²) >= 11 is 1.41. The second kappa shape index (κ2) is 6.79. The molecule has 0 spiro atoms. The van der Waals surface area contributed by atoms with Crippen molar-refractivity contribution in [2.75, 3.05) is 6.54 Å². The molecule has 0 bridgehead atoms. The Morgan fingerprint density at radius 2 is 1.87 bits per heavy atom. The molecule has 1 fully saturated rings. The van der Waals surface area contributed by atoms with Gasteiger partial charge in [0.05, 0.1) is 10.6 Å². The van der Waals surface area contributed by atoms with E-state index in [4.69, 9.17) is 0 Å². The number of carbonyl (C=O) groups is 1. The van der Waals surface area contributed by atoms with E-state index >= 15 is 0 Å². The van der Waals surface area contributed by atoms with Crippen LogP contribution in [-0.2, 0) is 4.79 Å². The largest absolute Gasteiger partial charge is 0.287 e. The molecule has 1 aromatic carbocycles. The van der Waals surface area contributed by atoms with E-state index in [9.17, 15) is 4.79 Å². The lowest BCUT2D eigenvalue weighted by molar-refractivity contribution is -0.122. The Morgan fingerprint density at radius 1 is 1.17 bits per heavy atom. The third kappa shape index (κ3) is 3.51. The van der Waals surface area contributed by atoms with Gasteiger partial charge < -0.3 is 0 Å². The van der Waals surface area contributed by atoms with Crippen molar-refractivity contribution in [1.29, 1.82) is 0 Å². The normalized spacial score (nSPS) is 18.2. The number of aryl methyl sites for hydroxylation is 1. The molecule has 23 heavy (non-hydrogen) atoms. The van der Waals surface area contributed by atoms with Gasteiger partial charge in [-0.15, -0.1) is 0 Å². The van der Waals surface area contributed by atoms with Gasteiger partial charge in [-0.25, -0.2) is 4.99 Å². The zero-order chi connectivity index (χ0) is 16.2. The van der Waals surface area contributed by atoms with Crippen LogP contribution < -0.4 is 0 Å². The number of rotatable bonds is 3.